The third-order valence-electron chi connectivity index (χ3n) is 10.4. The Balaban J connectivity index is 0.000000191. The summed E-state index contributed by atoms with van der Waals surface area (Å²) >= 11 is 5.02. The van der Waals surface area contributed by atoms with Crippen molar-refractivity contribution >= 4 is 114 Å². The summed E-state index contributed by atoms with van der Waals surface area (Å²) in [6.07, 6.45) is 4.28. The van der Waals surface area contributed by atoms with Crippen molar-refractivity contribution in [1.29, 1.82) is 0 Å². The van der Waals surface area contributed by atoms with E-state index < -0.39 is 12.1 Å². The Hall–Kier alpha value is -6.02. The van der Waals surface area contributed by atoms with Crippen molar-refractivity contribution in [3.8, 4) is 0 Å². The lowest BCUT2D eigenvalue weighted by molar-refractivity contribution is -0.153. The fraction of sp³-hybridized carbons (Fsp3) is 0.385. The second-order valence-corrected chi connectivity index (χ2v) is 19.0. The molecule has 2 fully saturated rings. The molecule has 4 amide bonds. The number of fused-ring (bicyclic) bond motifs is 2. The van der Waals surface area contributed by atoms with Gasteiger partial charge in [0.1, 0.15) is 36.4 Å². The van der Waals surface area contributed by atoms with E-state index in [-0.39, 0.29) is 41.7 Å². The molecule has 0 radical (unpaired) electrons. The molecule has 2 saturated heterocycles. The van der Waals surface area contributed by atoms with Crippen LogP contribution in [0.5, 0.6) is 0 Å². The first kappa shape index (κ1) is 46.0. The third kappa shape index (κ3) is 11.0. The first-order chi connectivity index (χ1) is 30.9. The molecule has 0 bridgehead atoms. The van der Waals surface area contributed by atoms with Crippen molar-refractivity contribution in [3.63, 3.8) is 0 Å². The highest BCUT2D eigenvalue weighted by molar-refractivity contribution is 8.02. The molecule has 2 aliphatic rings. The minimum Gasteiger partial charge on any atom is -0.383 e. The maximum atomic E-state index is 13.3. The lowest BCUT2D eigenvalue weighted by Gasteiger charge is -2.40. The van der Waals surface area contributed by atoms with Crippen LogP contribution >= 0.6 is 46.2 Å². The summed E-state index contributed by atoms with van der Waals surface area (Å²) in [4.78, 5) is 75.5. The molecule has 2 aromatic carbocycles. The van der Waals surface area contributed by atoms with Crippen LogP contribution in [0.15, 0.2) is 57.7 Å². The molecule has 4 aromatic heterocycles. The number of carbonyl (C=O) groups excluding carboxylic acids is 4. The summed E-state index contributed by atoms with van der Waals surface area (Å²) in [5.41, 5.74) is 26.3. The molecule has 8 N–H and O–H groups in total. The van der Waals surface area contributed by atoms with Gasteiger partial charge in [-0.15, -0.1) is 20.4 Å². The Kier molecular flexibility index (Phi) is 15.2. The molecule has 6 heterocycles. The Morgan fingerprint density at radius 3 is 1.59 bits per heavy atom. The van der Waals surface area contributed by atoms with Gasteiger partial charge in [-0.05, 0) is 41.8 Å². The fourth-order valence-corrected chi connectivity index (χ4v) is 10.4. The molecule has 336 valence electrons. The van der Waals surface area contributed by atoms with Crippen LogP contribution < -0.4 is 22.9 Å². The normalized spacial score (nSPS) is 16.7. The van der Waals surface area contributed by atoms with Crippen molar-refractivity contribution in [2.45, 2.75) is 53.6 Å². The van der Waals surface area contributed by atoms with Crippen molar-refractivity contribution in [2.24, 2.45) is 0 Å². The number of nitrogen functional groups attached to an aromatic ring is 4. The standard InChI is InChI=1S/C20H24N8O2S2.C19H22N8O3S2/c1-2-3-15-18(30)27(9-12-4-5-13-14(8-12)23-11-24-17(13)21)6-7-28(15)16(29)10-31-20-26-25-19(22)32-20;1-30-8-14-17(29)26(7-11-2-3-12-13(6-11)22-10-23-16(12)20)4-5-27(14)15(28)9-31-19-25-24-18(21)32-19/h4-5,8,11,15H,2-3,6-7,9-10H2,1H3,(H2,22,25)(H2,21,23,24);2-3,6,10,14H,4-5,7-9H2,1H3,(H2,21,24)(H2,20,22,23). The average Bonchev–Trinajstić information content (AvgIpc) is 3.91. The third-order valence-corrected chi connectivity index (χ3v) is 14.1. The zero-order valence-corrected chi connectivity index (χ0v) is 38.2. The zero-order valence-electron chi connectivity index (χ0n) is 34.9. The van der Waals surface area contributed by atoms with Gasteiger partial charge in [-0.1, -0.05) is 71.7 Å². The predicted molar refractivity (Wildman–Crippen MR) is 247 cm³/mol. The summed E-state index contributed by atoms with van der Waals surface area (Å²) in [5, 5.41) is 17.6. The van der Waals surface area contributed by atoms with Gasteiger partial charge in [0.15, 0.2) is 8.68 Å². The maximum absolute atomic E-state index is 13.3. The molecule has 0 saturated carbocycles. The van der Waals surface area contributed by atoms with E-state index in [1.165, 1.54) is 66.0 Å². The summed E-state index contributed by atoms with van der Waals surface area (Å²) in [6, 6.07) is 10.3. The quantitative estimate of drug-likeness (QED) is 0.114. The first-order valence-corrected chi connectivity index (χ1v) is 23.6. The van der Waals surface area contributed by atoms with Gasteiger partial charge < -0.3 is 47.3 Å². The average molecular weight is 947 g/mol. The Bertz CT molecular complexity index is 2460. The fourth-order valence-electron chi connectivity index (χ4n) is 7.31. The molecule has 8 rings (SSSR count). The van der Waals surface area contributed by atoms with Gasteiger partial charge in [0.05, 0.1) is 29.1 Å². The van der Waals surface area contributed by atoms with Crippen LogP contribution in [0.2, 0.25) is 0 Å². The molecule has 0 spiro atoms. The molecular formula is C39H46N16O5S4. The van der Waals surface area contributed by atoms with E-state index in [0.717, 1.165) is 39.4 Å². The molecule has 25 heteroatoms. The predicted octanol–water partition coefficient (Wildman–Crippen LogP) is 2.40. The van der Waals surface area contributed by atoms with E-state index in [2.05, 4.69) is 40.3 Å². The SMILES string of the molecule is CCCC1C(=O)N(Cc2ccc3c(N)ncnc3c2)CCN1C(=O)CSc1nnc(N)s1.COCC1C(=O)N(Cc2ccc3c(N)ncnc3c2)CCN1C(=O)CSc1nnc(N)s1. The topological polar surface area (TPSA) is 298 Å². The number of hydrogen-bond donors (Lipinski definition) is 4. The number of thioether (sulfide) groups is 2. The Labute approximate surface area is 383 Å². The minimum atomic E-state index is -0.681. The van der Waals surface area contributed by atoms with Crippen LogP contribution in [0, 0.1) is 0 Å². The highest BCUT2D eigenvalue weighted by atomic mass is 32.2. The Morgan fingerprint density at radius 1 is 0.688 bits per heavy atom. The van der Waals surface area contributed by atoms with E-state index in [0.29, 0.717) is 76.3 Å². The van der Waals surface area contributed by atoms with Gasteiger partial charge in [-0.2, -0.15) is 0 Å². The van der Waals surface area contributed by atoms with Crippen molar-refractivity contribution in [3.05, 3.63) is 60.2 Å². The van der Waals surface area contributed by atoms with Crippen LogP contribution in [0.3, 0.4) is 0 Å². The second kappa shape index (κ2) is 21.1. The number of aromatic nitrogens is 8. The summed E-state index contributed by atoms with van der Waals surface area (Å²) in [6.45, 7) is 4.81. The van der Waals surface area contributed by atoms with E-state index >= 15 is 0 Å². The second-order valence-electron chi connectivity index (χ2n) is 14.6. The van der Waals surface area contributed by atoms with Crippen LogP contribution in [0.25, 0.3) is 21.8 Å². The van der Waals surface area contributed by atoms with Crippen LogP contribution in [-0.4, -0.2) is 147 Å². The molecule has 0 aliphatic carbocycles. The van der Waals surface area contributed by atoms with Gasteiger partial charge >= 0.3 is 0 Å². The van der Waals surface area contributed by atoms with E-state index in [4.69, 9.17) is 27.7 Å². The molecule has 2 aliphatic heterocycles. The van der Waals surface area contributed by atoms with Gasteiger partial charge in [0.25, 0.3) is 0 Å². The first-order valence-electron chi connectivity index (χ1n) is 20.0. The number of methoxy groups -OCH3 is 1. The molecule has 6 aromatic rings. The van der Waals surface area contributed by atoms with E-state index in [1.54, 1.807) is 14.7 Å². The number of nitrogens with two attached hydrogens (primary N) is 4. The smallest absolute Gasteiger partial charge is 0.248 e. The Morgan fingerprint density at radius 2 is 1.16 bits per heavy atom. The molecule has 2 atom stereocenters. The zero-order chi connectivity index (χ0) is 45.3. The number of nitrogens with zero attached hydrogens (tertiary/aromatic N) is 12. The van der Waals surface area contributed by atoms with Gasteiger partial charge in [0, 0.05) is 57.2 Å². The minimum absolute atomic E-state index is 0.0288. The van der Waals surface area contributed by atoms with Crippen molar-refractivity contribution < 1.29 is 23.9 Å². The molecular weight excluding hydrogens is 901 g/mol. The highest BCUT2D eigenvalue weighted by Gasteiger charge is 2.38. The van der Waals surface area contributed by atoms with Crippen LogP contribution in [0.4, 0.5) is 21.9 Å². The lowest BCUT2D eigenvalue weighted by atomic mass is 10.0. The number of rotatable bonds is 14. The maximum Gasteiger partial charge on any atom is 0.248 e. The summed E-state index contributed by atoms with van der Waals surface area (Å²) in [7, 11) is 1.51. The molecule has 64 heavy (non-hydrogen) atoms. The molecule has 21 nitrogen and oxygen atoms in total. The lowest BCUT2D eigenvalue weighted by Crippen LogP contribution is -2.60. The van der Waals surface area contributed by atoms with E-state index in [1.807, 2.05) is 48.2 Å². The van der Waals surface area contributed by atoms with Gasteiger partial charge in [0.2, 0.25) is 33.9 Å². The number of hydrogen-bond acceptors (Lipinski definition) is 21. The van der Waals surface area contributed by atoms with Crippen LogP contribution in [-0.2, 0) is 37.0 Å². The number of anilines is 4. The van der Waals surface area contributed by atoms with Crippen LogP contribution in [0.1, 0.15) is 30.9 Å². The summed E-state index contributed by atoms with van der Waals surface area (Å²) in [5.74, 6) is 0.783. The van der Waals surface area contributed by atoms with Gasteiger partial charge in [-0.3, -0.25) is 19.2 Å². The number of ether oxygens (including phenoxy) is 1. The van der Waals surface area contributed by atoms with E-state index in [9.17, 15) is 19.2 Å². The monoisotopic (exact) mass is 946 g/mol. The highest BCUT2D eigenvalue weighted by Crippen LogP contribution is 2.28. The number of carbonyl (C=O) groups is 4. The number of piperazine rings is 2. The largest absolute Gasteiger partial charge is 0.383 e. The van der Waals surface area contributed by atoms with Gasteiger partial charge in [-0.25, -0.2) is 19.9 Å². The van der Waals surface area contributed by atoms with Crippen molar-refractivity contribution in [1.82, 2.24) is 59.9 Å². The number of amides is 4. The number of benzene rings is 2. The molecule has 2 unspecified atom stereocenters. The van der Waals surface area contributed by atoms with Crippen molar-refractivity contribution in [2.75, 3.05) is 74.3 Å². The summed E-state index contributed by atoms with van der Waals surface area (Å²) < 4.78 is 6.51.